The summed E-state index contributed by atoms with van der Waals surface area (Å²) < 4.78 is 15.9. The highest BCUT2D eigenvalue weighted by Gasteiger charge is 2.27. The summed E-state index contributed by atoms with van der Waals surface area (Å²) in [6, 6.07) is 9.40. The van der Waals surface area contributed by atoms with Gasteiger partial charge in [0.2, 0.25) is 11.9 Å². The molecule has 140 valence electrons. The van der Waals surface area contributed by atoms with Crippen molar-refractivity contribution in [1.82, 2.24) is 5.43 Å². The van der Waals surface area contributed by atoms with Gasteiger partial charge in [-0.2, -0.15) is 5.10 Å². The lowest BCUT2D eigenvalue weighted by molar-refractivity contribution is -0.386. The van der Waals surface area contributed by atoms with Gasteiger partial charge in [0.1, 0.15) is 6.61 Å². The molecule has 1 atom stereocenters. The zero-order valence-electron chi connectivity index (χ0n) is 14.1. The van der Waals surface area contributed by atoms with Gasteiger partial charge in [-0.3, -0.25) is 14.9 Å². The Morgan fingerprint density at radius 1 is 1.41 bits per heavy atom. The molecule has 0 radical (unpaired) electrons. The summed E-state index contributed by atoms with van der Waals surface area (Å²) in [7, 11) is 1.26. The van der Waals surface area contributed by atoms with Crippen LogP contribution in [0, 0.1) is 10.1 Å². The van der Waals surface area contributed by atoms with Gasteiger partial charge >= 0.3 is 5.69 Å². The van der Waals surface area contributed by atoms with E-state index in [9.17, 15) is 20.0 Å². The van der Waals surface area contributed by atoms with Crippen molar-refractivity contribution in [2.45, 2.75) is 6.10 Å². The number of carbonyl (C=O) groups is 1. The van der Waals surface area contributed by atoms with Crippen LogP contribution in [0.4, 0.5) is 5.69 Å². The molecule has 1 amide bonds. The van der Waals surface area contributed by atoms with E-state index in [1.165, 1.54) is 19.4 Å². The highest BCUT2D eigenvalue weighted by molar-refractivity contribution is 5.86. The van der Waals surface area contributed by atoms with Crippen LogP contribution in [0.3, 0.4) is 0 Å². The molecule has 0 saturated carbocycles. The molecule has 0 bridgehead atoms. The first-order chi connectivity index (χ1) is 13.0. The number of fused-ring (bicyclic) bond motifs is 1. The Bertz CT molecular complexity index is 913. The molecule has 0 unspecified atom stereocenters. The van der Waals surface area contributed by atoms with E-state index in [-0.39, 0.29) is 17.9 Å². The predicted octanol–water partition coefficient (Wildman–Crippen LogP) is 1.60. The Balaban J connectivity index is 1.68. The second-order valence-electron chi connectivity index (χ2n) is 5.45. The van der Waals surface area contributed by atoms with Crippen LogP contribution in [0.5, 0.6) is 23.0 Å². The van der Waals surface area contributed by atoms with Crippen molar-refractivity contribution in [3.05, 3.63) is 52.1 Å². The summed E-state index contributed by atoms with van der Waals surface area (Å²) >= 11 is 0. The van der Waals surface area contributed by atoms with E-state index in [0.29, 0.717) is 11.5 Å². The van der Waals surface area contributed by atoms with Crippen molar-refractivity contribution in [2.24, 2.45) is 5.10 Å². The smallest absolute Gasteiger partial charge is 0.315 e. The maximum atomic E-state index is 12.1. The monoisotopic (exact) mass is 373 g/mol. The molecule has 1 aliphatic rings. The molecule has 0 aromatic heterocycles. The number of methoxy groups -OCH3 is 1. The SMILES string of the molecule is COc1cc(C=NNC(=O)[C@H]2COc3ccccc3O2)cc([N+](=O)[O-])c1O. The minimum atomic E-state index is -0.888. The number of aromatic hydroxyl groups is 1. The van der Waals surface area contributed by atoms with Crippen molar-refractivity contribution in [3.8, 4) is 23.0 Å². The van der Waals surface area contributed by atoms with Gasteiger partial charge in [-0.1, -0.05) is 12.1 Å². The second kappa shape index (κ2) is 7.60. The number of para-hydroxylation sites is 2. The number of amides is 1. The van der Waals surface area contributed by atoms with Gasteiger partial charge in [-0.05, 0) is 18.2 Å². The number of nitro groups is 1. The summed E-state index contributed by atoms with van der Waals surface area (Å²) in [5, 5.41) is 24.5. The lowest BCUT2D eigenvalue weighted by Gasteiger charge is -2.24. The number of hydrazone groups is 1. The Kier molecular flexibility index (Phi) is 5.06. The van der Waals surface area contributed by atoms with Crippen molar-refractivity contribution < 1.29 is 29.0 Å². The van der Waals surface area contributed by atoms with Crippen LogP contribution >= 0.6 is 0 Å². The van der Waals surface area contributed by atoms with E-state index in [0.717, 1.165) is 6.07 Å². The summed E-state index contributed by atoms with van der Waals surface area (Å²) in [6.45, 7) is 0.0247. The van der Waals surface area contributed by atoms with Crippen LogP contribution in [0.1, 0.15) is 5.56 Å². The molecule has 0 spiro atoms. The molecule has 2 N–H and O–H groups in total. The van der Waals surface area contributed by atoms with Gasteiger partial charge in [0.25, 0.3) is 5.91 Å². The van der Waals surface area contributed by atoms with Gasteiger partial charge in [0, 0.05) is 11.6 Å². The van der Waals surface area contributed by atoms with Gasteiger partial charge in [-0.25, -0.2) is 5.43 Å². The molecule has 10 heteroatoms. The Hall–Kier alpha value is -3.82. The molecule has 1 aliphatic heterocycles. The third kappa shape index (κ3) is 3.89. The number of nitrogens with zero attached hydrogens (tertiary/aromatic N) is 2. The van der Waals surface area contributed by atoms with Gasteiger partial charge < -0.3 is 19.3 Å². The third-order valence-corrected chi connectivity index (χ3v) is 3.68. The zero-order valence-corrected chi connectivity index (χ0v) is 14.1. The molecule has 0 saturated heterocycles. The van der Waals surface area contributed by atoms with Crippen molar-refractivity contribution in [1.29, 1.82) is 0 Å². The first kappa shape index (κ1) is 18.0. The minimum Gasteiger partial charge on any atom is -0.500 e. The summed E-state index contributed by atoms with van der Waals surface area (Å²) in [5.41, 5.74) is 2.00. The largest absolute Gasteiger partial charge is 0.500 e. The lowest BCUT2D eigenvalue weighted by Crippen LogP contribution is -2.42. The lowest BCUT2D eigenvalue weighted by atomic mass is 10.2. The topological polar surface area (TPSA) is 133 Å². The molecule has 1 heterocycles. The normalized spacial score (nSPS) is 15.4. The molecular weight excluding hydrogens is 358 g/mol. The molecule has 2 aromatic rings. The fourth-order valence-electron chi connectivity index (χ4n) is 2.37. The first-order valence-electron chi connectivity index (χ1n) is 7.76. The van der Waals surface area contributed by atoms with E-state index < -0.39 is 28.4 Å². The molecule has 0 aliphatic carbocycles. The minimum absolute atomic E-state index is 0.0247. The predicted molar refractivity (Wildman–Crippen MR) is 93.4 cm³/mol. The fourth-order valence-corrected chi connectivity index (χ4v) is 2.37. The Labute approximate surface area is 153 Å². The number of benzene rings is 2. The third-order valence-electron chi connectivity index (χ3n) is 3.68. The molecular formula is C17H15N3O7. The van der Waals surface area contributed by atoms with Crippen molar-refractivity contribution in [2.75, 3.05) is 13.7 Å². The number of nitro benzene ring substituents is 1. The highest BCUT2D eigenvalue weighted by Crippen LogP contribution is 2.36. The second-order valence-corrected chi connectivity index (χ2v) is 5.45. The number of ether oxygens (including phenoxy) is 3. The van der Waals surface area contributed by atoms with Crippen LogP contribution in [-0.4, -0.2) is 42.0 Å². The quantitative estimate of drug-likeness (QED) is 0.462. The van der Waals surface area contributed by atoms with Crippen LogP contribution in [0.15, 0.2) is 41.5 Å². The number of phenols is 1. The molecule has 10 nitrogen and oxygen atoms in total. The number of phenolic OH excluding ortho intramolecular Hbond substituents is 1. The van der Waals surface area contributed by atoms with Crippen LogP contribution in [0.2, 0.25) is 0 Å². The van der Waals surface area contributed by atoms with E-state index >= 15 is 0 Å². The van der Waals surface area contributed by atoms with Crippen molar-refractivity contribution >= 4 is 17.8 Å². The van der Waals surface area contributed by atoms with Crippen LogP contribution < -0.4 is 19.6 Å². The summed E-state index contributed by atoms with van der Waals surface area (Å²) in [4.78, 5) is 22.4. The van der Waals surface area contributed by atoms with E-state index in [1.54, 1.807) is 24.3 Å². The van der Waals surface area contributed by atoms with E-state index in [1.807, 2.05) is 0 Å². The zero-order chi connectivity index (χ0) is 19.4. The fraction of sp³-hybridized carbons (Fsp3) is 0.176. The Morgan fingerprint density at radius 2 is 2.15 bits per heavy atom. The molecule has 2 aromatic carbocycles. The maximum Gasteiger partial charge on any atom is 0.315 e. The summed E-state index contributed by atoms with van der Waals surface area (Å²) in [6.07, 6.45) is 0.297. The molecule has 27 heavy (non-hydrogen) atoms. The highest BCUT2D eigenvalue weighted by atomic mass is 16.6. The van der Waals surface area contributed by atoms with Crippen LogP contribution in [-0.2, 0) is 4.79 Å². The Morgan fingerprint density at radius 3 is 2.85 bits per heavy atom. The number of nitrogens with one attached hydrogen (secondary N) is 1. The van der Waals surface area contributed by atoms with Gasteiger partial charge in [-0.15, -0.1) is 0 Å². The van der Waals surface area contributed by atoms with E-state index in [2.05, 4.69) is 10.5 Å². The number of hydrogen-bond donors (Lipinski definition) is 2. The van der Waals surface area contributed by atoms with E-state index in [4.69, 9.17) is 14.2 Å². The number of rotatable bonds is 5. The number of hydrogen-bond acceptors (Lipinski definition) is 8. The van der Waals surface area contributed by atoms with Crippen LogP contribution in [0.25, 0.3) is 0 Å². The molecule has 3 rings (SSSR count). The average Bonchev–Trinajstić information content (AvgIpc) is 2.68. The molecule has 0 fully saturated rings. The standard InChI is InChI=1S/C17H15N3O7/c1-25-14-7-10(6-11(16(14)21)20(23)24)8-18-19-17(22)15-9-26-12-4-2-3-5-13(12)27-15/h2-8,15,21H,9H2,1H3,(H,19,22)/t15-/m1/s1. The van der Waals surface area contributed by atoms with Gasteiger partial charge in [0.05, 0.1) is 18.2 Å². The van der Waals surface area contributed by atoms with Crippen molar-refractivity contribution in [3.63, 3.8) is 0 Å². The first-order valence-corrected chi connectivity index (χ1v) is 7.76. The van der Waals surface area contributed by atoms with Gasteiger partial charge in [0.15, 0.2) is 17.2 Å². The number of carbonyl (C=O) groups excluding carboxylic acids is 1. The maximum absolute atomic E-state index is 12.1. The average molecular weight is 373 g/mol. The summed E-state index contributed by atoms with van der Waals surface area (Å²) in [5.74, 6) is -0.214.